The van der Waals surface area contributed by atoms with Crippen molar-refractivity contribution < 1.29 is 58.6 Å². The number of ether oxygens (including phenoxy) is 2. The Morgan fingerprint density at radius 3 is 1.75 bits per heavy atom. The number of nitrogens with zero attached hydrogens (tertiary/aromatic N) is 2. The fourth-order valence-electron chi connectivity index (χ4n) is 3.74. The van der Waals surface area contributed by atoms with Crippen LogP contribution < -0.4 is 4.90 Å². The van der Waals surface area contributed by atoms with Crippen molar-refractivity contribution in [3.63, 3.8) is 0 Å². The van der Waals surface area contributed by atoms with Crippen molar-refractivity contribution in [1.82, 2.24) is 4.90 Å². The highest BCUT2D eigenvalue weighted by Crippen LogP contribution is 2.37. The van der Waals surface area contributed by atoms with Gasteiger partial charge in [-0.3, -0.25) is 9.80 Å². The molecule has 2 amide bonds. The molecule has 0 radical (unpaired) electrons. The van der Waals surface area contributed by atoms with Crippen LogP contribution in [0, 0.1) is 0 Å². The van der Waals surface area contributed by atoms with Gasteiger partial charge in [0.2, 0.25) is 0 Å². The van der Waals surface area contributed by atoms with Crippen molar-refractivity contribution in [1.29, 1.82) is 0 Å². The van der Waals surface area contributed by atoms with Crippen LogP contribution in [0.15, 0.2) is 36.4 Å². The Bertz CT molecular complexity index is 1160. The Hall–Kier alpha value is -3.65. The molecular weight excluding hydrogens is 563 g/mol. The molecule has 0 atom stereocenters. The minimum Gasteiger partial charge on any atom is -0.453 e. The zero-order valence-corrected chi connectivity index (χ0v) is 21.4. The van der Waals surface area contributed by atoms with Crippen molar-refractivity contribution in [2.24, 2.45) is 0 Å². The van der Waals surface area contributed by atoms with E-state index in [1.807, 2.05) is 0 Å². The highest BCUT2D eigenvalue weighted by molar-refractivity contribution is 5.88. The smallest absolute Gasteiger partial charge is 0.416 e. The first kappa shape index (κ1) is 32.6. The van der Waals surface area contributed by atoms with Gasteiger partial charge in [-0.15, -0.1) is 0 Å². The molecule has 40 heavy (non-hydrogen) atoms. The first-order chi connectivity index (χ1) is 18.4. The number of carbonyl (C=O) groups excluding carboxylic acids is 2. The van der Waals surface area contributed by atoms with Crippen LogP contribution >= 0.6 is 0 Å². The van der Waals surface area contributed by atoms with E-state index < -0.39 is 66.1 Å². The zero-order chi connectivity index (χ0) is 30.5. The minimum atomic E-state index is -5.17. The Balaban J connectivity index is 2.67. The van der Waals surface area contributed by atoms with Crippen LogP contribution in [0.2, 0.25) is 0 Å². The van der Waals surface area contributed by atoms with Gasteiger partial charge < -0.3 is 9.47 Å². The summed E-state index contributed by atoms with van der Waals surface area (Å²) in [5.74, 6) is 0. The molecule has 0 N–H and O–H groups in total. The van der Waals surface area contributed by atoms with Gasteiger partial charge in [-0.25, -0.2) is 9.59 Å². The highest BCUT2D eigenvalue weighted by atomic mass is 19.4. The van der Waals surface area contributed by atoms with E-state index in [0.29, 0.717) is 35.6 Å². The number of rotatable bonds is 8. The maximum Gasteiger partial charge on any atom is 0.416 e. The average Bonchev–Trinajstić information content (AvgIpc) is 2.85. The summed E-state index contributed by atoms with van der Waals surface area (Å²) in [7, 11) is 0.873. The molecule has 222 valence electrons. The molecule has 2 aromatic carbocycles. The number of alkyl halides is 9. The van der Waals surface area contributed by atoms with E-state index >= 15 is 0 Å². The van der Waals surface area contributed by atoms with Gasteiger partial charge in [0, 0.05) is 13.1 Å². The second-order valence-electron chi connectivity index (χ2n) is 8.43. The van der Waals surface area contributed by atoms with Gasteiger partial charge in [-0.2, -0.15) is 39.5 Å². The van der Waals surface area contributed by atoms with Gasteiger partial charge >= 0.3 is 30.7 Å². The van der Waals surface area contributed by atoms with E-state index in [0.717, 1.165) is 18.1 Å². The van der Waals surface area contributed by atoms with Crippen molar-refractivity contribution in [3.05, 3.63) is 64.2 Å². The second kappa shape index (κ2) is 12.7. The Morgan fingerprint density at radius 1 is 0.750 bits per heavy atom. The van der Waals surface area contributed by atoms with Gasteiger partial charge in [0.1, 0.15) is 0 Å². The van der Waals surface area contributed by atoms with E-state index in [9.17, 15) is 49.1 Å². The maximum absolute atomic E-state index is 13.5. The summed E-state index contributed by atoms with van der Waals surface area (Å²) in [5, 5.41) is 0. The van der Waals surface area contributed by atoms with Crippen LogP contribution in [0.25, 0.3) is 0 Å². The first-order valence-electron chi connectivity index (χ1n) is 11.7. The number of hydrogen-bond acceptors (Lipinski definition) is 4. The van der Waals surface area contributed by atoms with Crippen molar-refractivity contribution in [2.75, 3.05) is 25.2 Å². The number of anilines is 1. The van der Waals surface area contributed by atoms with Crippen molar-refractivity contribution in [3.8, 4) is 0 Å². The number of hydrogen-bond donors (Lipinski definition) is 0. The molecule has 0 aliphatic rings. The topological polar surface area (TPSA) is 59.1 Å². The lowest BCUT2D eigenvalue weighted by Gasteiger charge is -2.28. The van der Waals surface area contributed by atoms with E-state index in [1.54, 1.807) is 6.92 Å². The first-order valence-corrected chi connectivity index (χ1v) is 11.7. The van der Waals surface area contributed by atoms with Crippen LogP contribution in [-0.2, 0) is 41.1 Å². The van der Waals surface area contributed by atoms with Crippen LogP contribution in [0.1, 0.15) is 48.1 Å². The number of amides is 2. The summed E-state index contributed by atoms with van der Waals surface area (Å²) in [6, 6.07) is 2.96. The Kier molecular flexibility index (Phi) is 10.3. The van der Waals surface area contributed by atoms with Gasteiger partial charge in [0.25, 0.3) is 0 Å². The summed E-state index contributed by atoms with van der Waals surface area (Å²) >= 11 is 0. The minimum absolute atomic E-state index is 0.0159. The molecule has 0 fully saturated rings. The second-order valence-corrected chi connectivity index (χ2v) is 8.43. The molecule has 0 spiro atoms. The molecule has 0 saturated carbocycles. The lowest BCUT2D eigenvalue weighted by atomic mass is 10.0. The largest absolute Gasteiger partial charge is 0.453 e. The molecule has 0 aliphatic heterocycles. The van der Waals surface area contributed by atoms with Crippen LogP contribution in [-0.4, -0.2) is 37.3 Å². The van der Waals surface area contributed by atoms with Crippen LogP contribution in [0.5, 0.6) is 0 Å². The SMILES string of the molecule is CCCN(C(=O)OCC)c1ccc(C(F)(F)F)cc1CN(Cc1cc(C(F)(F)F)cc(C(F)(F)F)c1)C(=O)OC. The van der Waals surface area contributed by atoms with Crippen LogP contribution in [0.3, 0.4) is 0 Å². The van der Waals surface area contributed by atoms with E-state index in [4.69, 9.17) is 4.74 Å². The summed E-state index contributed by atoms with van der Waals surface area (Å²) < 4.78 is 130. The number of carbonyl (C=O) groups is 2. The Morgan fingerprint density at radius 2 is 1.30 bits per heavy atom. The normalized spacial score (nSPS) is 12.2. The average molecular weight is 588 g/mol. The lowest BCUT2D eigenvalue weighted by molar-refractivity contribution is -0.143. The van der Waals surface area contributed by atoms with E-state index in [-0.39, 0.29) is 30.5 Å². The molecule has 0 aromatic heterocycles. The van der Waals surface area contributed by atoms with E-state index in [1.165, 1.54) is 6.92 Å². The third-order valence-electron chi connectivity index (χ3n) is 5.45. The lowest BCUT2D eigenvalue weighted by Crippen LogP contribution is -2.35. The third kappa shape index (κ3) is 8.42. The monoisotopic (exact) mass is 588 g/mol. The van der Waals surface area contributed by atoms with Gasteiger partial charge in [0.15, 0.2) is 0 Å². The maximum atomic E-state index is 13.5. The molecule has 0 aliphatic carbocycles. The predicted octanol–water partition coefficient (Wildman–Crippen LogP) is 7.88. The Labute approximate surface area is 223 Å². The summed E-state index contributed by atoms with van der Waals surface area (Å²) in [6.07, 6.45) is -17.0. The van der Waals surface area contributed by atoms with Gasteiger partial charge in [-0.1, -0.05) is 6.92 Å². The summed E-state index contributed by atoms with van der Waals surface area (Å²) in [5.41, 5.74) is -5.46. The van der Waals surface area contributed by atoms with E-state index in [2.05, 4.69) is 4.74 Å². The molecule has 6 nitrogen and oxygen atoms in total. The van der Waals surface area contributed by atoms with Crippen molar-refractivity contribution >= 4 is 17.9 Å². The van der Waals surface area contributed by atoms with Crippen LogP contribution in [0.4, 0.5) is 54.8 Å². The summed E-state index contributed by atoms with van der Waals surface area (Å²) in [4.78, 5) is 26.7. The molecule has 0 bridgehead atoms. The van der Waals surface area contributed by atoms with Gasteiger partial charge in [0.05, 0.1) is 42.6 Å². The molecular formula is C25H25F9N2O4. The molecule has 15 heteroatoms. The third-order valence-corrected chi connectivity index (χ3v) is 5.45. The molecule has 2 rings (SSSR count). The van der Waals surface area contributed by atoms with Gasteiger partial charge in [-0.05, 0) is 60.9 Å². The predicted molar refractivity (Wildman–Crippen MR) is 124 cm³/mol. The number of benzene rings is 2. The van der Waals surface area contributed by atoms with Crippen molar-refractivity contribution in [2.45, 2.75) is 51.9 Å². The zero-order valence-electron chi connectivity index (χ0n) is 21.4. The molecule has 2 aromatic rings. The summed E-state index contributed by atoms with van der Waals surface area (Å²) in [6.45, 7) is 1.41. The fraction of sp³-hybridized carbons (Fsp3) is 0.440. The molecule has 0 heterocycles. The molecule has 0 unspecified atom stereocenters. The number of methoxy groups -OCH3 is 1. The molecule has 0 saturated heterocycles. The number of halogens is 9. The quantitative estimate of drug-likeness (QED) is 0.295. The highest BCUT2D eigenvalue weighted by Gasteiger charge is 2.37. The fourth-order valence-corrected chi connectivity index (χ4v) is 3.74. The standard InChI is InChI=1S/C25H25F9N2O4/c1-4-8-36(22(38)40-5-2)20-7-6-17(23(26,27)28)11-16(20)14-35(21(37)39-3)13-15-9-18(24(29,30)31)12-19(10-15)25(32,33)34/h6-7,9-12H,4-5,8,13-14H2,1-3H3.